The maximum atomic E-state index is 13.1. The summed E-state index contributed by atoms with van der Waals surface area (Å²) in [4.78, 5) is 33.6. The minimum absolute atomic E-state index is 0.0279. The Morgan fingerprint density at radius 3 is 2.81 bits per heavy atom. The van der Waals surface area contributed by atoms with Crippen molar-refractivity contribution < 1.29 is 9.59 Å². The monoisotopic (exact) mass is 349 g/mol. The molecule has 1 aromatic heterocycles. The third-order valence-corrected chi connectivity index (χ3v) is 5.61. The first kappa shape index (κ1) is 16.8. The molecular formula is C21H23N3O2. The van der Waals surface area contributed by atoms with Gasteiger partial charge in [-0.25, -0.2) is 0 Å². The van der Waals surface area contributed by atoms with Crippen molar-refractivity contribution in [3.05, 3.63) is 65.5 Å². The summed E-state index contributed by atoms with van der Waals surface area (Å²) in [5.74, 6) is 0.167. The van der Waals surface area contributed by atoms with E-state index in [9.17, 15) is 9.59 Å². The summed E-state index contributed by atoms with van der Waals surface area (Å²) < 4.78 is 0. The Kier molecular flexibility index (Phi) is 4.23. The van der Waals surface area contributed by atoms with Crippen molar-refractivity contribution in [2.24, 2.45) is 5.41 Å². The molecule has 4 rings (SSSR count). The lowest BCUT2D eigenvalue weighted by Gasteiger charge is -2.24. The van der Waals surface area contributed by atoms with Crippen LogP contribution in [0.4, 0.5) is 0 Å². The van der Waals surface area contributed by atoms with E-state index in [2.05, 4.69) is 30.1 Å². The number of pyridine rings is 1. The summed E-state index contributed by atoms with van der Waals surface area (Å²) in [6.07, 6.45) is 4.83. The highest BCUT2D eigenvalue weighted by Gasteiger charge is 2.51. The van der Waals surface area contributed by atoms with Crippen LogP contribution in [0.15, 0.2) is 48.8 Å². The van der Waals surface area contributed by atoms with E-state index in [1.54, 1.807) is 24.5 Å². The standard InChI is InChI=1S/C21H23N3O2/c1-16-4-2-5-17(12-16)14-23-10-7-21(20(23)26)8-11-24(15-21)19(25)18-6-3-9-22-13-18/h2-6,9,12-13H,7-8,10-11,14-15H2,1H3. The third kappa shape index (κ3) is 2.98. The largest absolute Gasteiger partial charge is 0.338 e. The van der Waals surface area contributed by atoms with Gasteiger partial charge in [0.05, 0.1) is 11.0 Å². The van der Waals surface area contributed by atoms with Gasteiger partial charge in [-0.15, -0.1) is 0 Å². The number of carbonyl (C=O) groups is 2. The number of aromatic nitrogens is 1. The molecule has 2 saturated heterocycles. The van der Waals surface area contributed by atoms with E-state index in [0.29, 0.717) is 25.2 Å². The molecule has 5 heteroatoms. The zero-order valence-corrected chi connectivity index (χ0v) is 15.0. The molecule has 2 fully saturated rings. The maximum absolute atomic E-state index is 13.1. The Morgan fingerprint density at radius 1 is 1.19 bits per heavy atom. The van der Waals surface area contributed by atoms with Crippen LogP contribution < -0.4 is 0 Å². The first-order valence-corrected chi connectivity index (χ1v) is 9.12. The smallest absolute Gasteiger partial charge is 0.255 e. The van der Waals surface area contributed by atoms with Crippen LogP contribution in [-0.2, 0) is 11.3 Å². The Labute approximate surface area is 153 Å². The summed E-state index contributed by atoms with van der Waals surface area (Å²) in [6, 6.07) is 11.8. The van der Waals surface area contributed by atoms with Crippen LogP contribution in [0.2, 0.25) is 0 Å². The molecule has 2 aliphatic rings. The van der Waals surface area contributed by atoms with Crippen LogP contribution in [0.5, 0.6) is 0 Å². The normalized spacial score (nSPS) is 22.4. The number of nitrogens with zero attached hydrogens (tertiary/aromatic N) is 3. The van der Waals surface area contributed by atoms with Crippen LogP contribution >= 0.6 is 0 Å². The topological polar surface area (TPSA) is 53.5 Å². The highest BCUT2D eigenvalue weighted by atomic mass is 16.2. The minimum Gasteiger partial charge on any atom is -0.338 e. The molecule has 1 atom stereocenters. The molecule has 3 heterocycles. The van der Waals surface area contributed by atoms with Crippen LogP contribution in [0.3, 0.4) is 0 Å². The highest BCUT2D eigenvalue weighted by molar-refractivity contribution is 5.95. The number of hydrogen-bond donors (Lipinski definition) is 0. The fourth-order valence-corrected chi connectivity index (χ4v) is 4.17. The summed E-state index contributed by atoms with van der Waals surface area (Å²) in [7, 11) is 0. The van der Waals surface area contributed by atoms with Crippen LogP contribution in [-0.4, -0.2) is 46.2 Å². The third-order valence-electron chi connectivity index (χ3n) is 5.61. The first-order chi connectivity index (χ1) is 12.6. The zero-order chi connectivity index (χ0) is 18.1. The van der Waals surface area contributed by atoms with E-state index in [-0.39, 0.29) is 11.8 Å². The maximum Gasteiger partial charge on any atom is 0.255 e. The lowest BCUT2D eigenvalue weighted by molar-refractivity contribution is -0.135. The average molecular weight is 349 g/mol. The van der Waals surface area contributed by atoms with Gasteiger partial charge < -0.3 is 9.80 Å². The van der Waals surface area contributed by atoms with Crippen molar-refractivity contribution in [1.29, 1.82) is 0 Å². The number of amides is 2. The molecule has 1 aromatic carbocycles. The quantitative estimate of drug-likeness (QED) is 0.856. The zero-order valence-electron chi connectivity index (χ0n) is 15.0. The Morgan fingerprint density at radius 2 is 2.04 bits per heavy atom. The highest BCUT2D eigenvalue weighted by Crippen LogP contribution is 2.41. The number of carbonyl (C=O) groups excluding carboxylic acids is 2. The molecule has 0 radical (unpaired) electrons. The van der Waals surface area contributed by atoms with Gasteiger partial charge in [0.1, 0.15) is 0 Å². The predicted octanol–water partition coefficient (Wildman–Crippen LogP) is 2.65. The van der Waals surface area contributed by atoms with Crippen molar-refractivity contribution in [3.8, 4) is 0 Å². The first-order valence-electron chi connectivity index (χ1n) is 9.12. The van der Waals surface area contributed by atoms with E-state index in [1.807, 2.05) is 15.9 Å². The van der Waals surface area contributed by atoms with Crippen molar-refractivity contribution in [2.45, 2.75) is 26.3 Å². The van der Waals surface area contributed by atoms with E-state index < -0.39 is 5.41 Å². The number of benzene rings is 1. The second-order valence-corrected chi connectivity index (χ2v) is 7.46. The fraction of sp³-hybridized carbons (Fsp3) is 0.381. The molecule has 0 bridgehead atoms. The summed E-state index contributed by atoms with van der Waals surface area (Å²) in [5, 5.41) is 0. The average Bonchev–Trinajstić information content (AvgIpc) is 3.22. The lowest BCUT2D eigenvalue weighted by Crippen LogP contribution is -2.38. The molecule has 0 saturated carbocycles. The predicted molar refractivity (Wildman–Crippen MR) is 98.4 cm³/mol. The van der Waals surface area contributed by atoms with Crippen molar-refractivity contribution in [2.75, 3.05) is 19.6 Å². The SMILES string of the molecule is Cc1cccc(CN2CCC3(CCN(C(=O)c4cccnc4)C3)C2=O)c1. The Hall–Kier alpha value is -2.69. The molecule has 26 heavy (non-hydrogen) atoms. The number of likely N-dealkylation sites (tertiary alicyclic amines) is 2. The molecule has 0 N–H and O–H groups in total. The van der Waals surface area contributed by atoms with Gasteiger partial charge in [0.15, 0.2) is 0 Å². The Bertz CT molecular complexity index is 836. The second-order valence-electron chi connectivity index (χ2n) is 7.46. The van der Waals surface area contributed by atoms with E-state index in [1.165, 1.54) is 5.56 Å². The molecule has 2 aromatic rings. The number of hydrogen-bond acceptors (Lipinski definition) is 3. The van der Waals surface area contributed by atoms with Crippen molar-refractivity contribution >= 4 is 11.8 Å². The molecule has 1 unspecified atom stereocenters. The summed E-state index contributed by atoms with van der Waals surface area (Å²) >= 11 is 0. The van der Waals surface area contributed by atoms with Gasteiger partial charge in [0, 0.05) is 38.6 Å². The Balaban J connectivity index is 1.45. The molecule has 2 amide bonds. The van der Waals surface area contributed by atoms with E-state index in [0.717, 1.165) is 24.9 Å². The summed E-state index contributed by atoms with van der Waals surface area (Å²) in [6.45, 7) is 4.64. The van der Waals surface area contributed by atoms with Crippen molar-refractivity contribution in [1.82, 2.24) is 14.8 Å². The summed E-state index contributed by atoms with van der Waals surface area (Å²) in [5.41, 5.74) is 2.56. The van der Waals surface area contributed by atoms with Crippen LogP contribution in [0.1, 0.15) is 34.3 Å². The fourth-order valence-electron chi connectivity index (χ4n) is 4.17. The van der Waals surface area contributed by atoms with Gasteiger partial charge >= 0.3 is 0 Å². The van der Waals surface area contributed by atoms with Gasteiger partial charge in [-0.3, -0.25) is 14.6 Å². The van der Waals surface area contributed by atoms with E-state index in [4.69, 9.17) is 0 Å². The minimum atomic E-state index is -0.401. The van der Waals surface area contributed by atoms with Gasteiger partial charge in [0.2, 0.25) is 5.91 Å². The molecule has 134 valence electrons. The molecular weight excluding hydrogens is 326 g/mol. The second kappa shape index (κ2) is 6.56. The lowest BCUT2D eigenvalue weighted by atomic mass is 9.85. The number of rotatable bonds is 3. The molecule has 0 aliphatic carbocycles. The van der Waals surface area contributed by atoms with Crippen LogP contribution in [0.25, 0.3) is 0 Å². The van der Waals surface area contributed by atoms with Gasteiger partial charge in [-0.05, 0) is 37.5 Å². The van der Waals surface area contributed by atoms with Gasteiger partial charge in [-0.2, -0.15) is 0 Å². The molecule has 5 nitrogen and oxygen atoms in total. The van der Waals surface area contributed by atoms with E-state index >= 15 is 0 Å². The molecule has 1 spiro atoms. The van der Waals surface area contributed by atoms with Crippen molar-refractivity contribution in [3.63, 3.8) is 0 Å². The van der Waals surface area contributed by atoms with Gasteiger partial charge in [-0.1, -0.05) is 29.8 Å². The van der Waals surface area contributed by atoms with Crippen LogP contribution in [0, 0.1) is 12.3 Å². The molecule has 2 aliphatic heterocycles. The van der Waals surface area contributed by atoms with Gasteiger partial charge in [0.25, 0.3) is 5.91 Å². The number of aryl methyl sites for hydroxylation is 1.